The summed E-state index contributed by atoms with van der Waals surface area (Å²) < 4.78 is 16.3. The Kier molecular flexibility index (Phi) is 11.5. The van der Waals surface area contributed by atoms with Crippen molar-refractivity contribution in [2.75, 3.05) is 26.4 Å². The van der Waals surface area contributed by atoms with Crippen LogP contribution in [0.4, 0.5) is 11.4 Å². The van der Waals surface area contributed by atoms with Gasteiger partial charge in [-0.3, -0.25) is 0 Å². The molecule has 132 valence electrons. The van der Waals surface area contributed by atoms with Gasteiger partial charge in [-0.1, -0.05) is 24.3 Å². The van der Waals surface area contributed by atoms with Crippen molar-refractivity contribution < 1.29 is 39.0 Å². The SMILES string of the molecule is N#[N+]c1ccccc1OCCOCCOc1ccccc1[N+]#N.[Cl-].[Cl-]. The summed E-state index contributed by atoms with van der Waals surface area (Å²) in [6.07, 6.45) is 0. The molecule has 0 atom stereocenters. The van der Waals surface area contributed by atoms with Gasteiger partial charge in [-0.15, -0.1) is 0 Å². The number of halogens is 2. The fourth-order valence-electron chi connectivity index (χ4n) is 1.85. The van der Waals surface area contributed by atoms with Crippen LogP contribution in [0.2, 0.25) is 0 Å². The van der Waals surface area contributed by atoms with Crippen LogP contribution in [0, 0.1) is 10.8 Å². The zero-order valence-corrected chi connectivity index (χ0v) is 14.7. The number of para-hydroxylation sites is 2. The fourth-order valence-corrected chi connectivity index (χ4v) is 1.85. The molecule has 0 unspecified atom stereocenters. The van der Waals surface area contributed by atoms with E-state index < -0.39 is 0 Å². The summed E-state index contributed by atoms with van der Waals surface area (Å²) in [6, 6.07) is 13.8. The van der Waals surface area contributed by atoms with E-state index in [-0.39, 0.29) is 24.8 Å². The third-order valence-electron chi connectivity index (χ3n) is 2.92. The Hall–Kier alpha value is -2.58. The van der Waals surface area contributed by atoms with Crippen molar-refractivity contribution in [1.82, 2.24) is 0 Å². The van der Waals surface area contributed by atoms with Gasteiger partial charge in [-0.05, 0) is 12.1 Å². The number of hydrogen-bond donors (Lipinski definition) is 0. The average molecular weight is 383 g/mol. The van der Waals surface area contributed by atoms with Crippen LogP contribution in [0.25, 0.3) is 9.95 Å². The zero-order chi connectivity index (χ0) is 16.3. The van der Waals surface area contributed by atoms with Crippen molar-refractivity contribution in [2.45, 2.75) is 0 Å². The van der Waals surface area contributed by atoms with Crippen LogP contribution in [-0.2, 0) is 4.74 Å². The van der Waals surface area contributed by atoms with Gasteiger partial charge in [-0.2, -0.15) is 0 Å². The molecule has 0 bridgehead atoms. The van der Waals surface area contributed by atoms with Gasteiger partial charge in [0, 0.05) is 12.1 Å². The minimum absolute atomic E-state index is 0. The van der Waals surface area contributed by atoms with Crippen LogP contribution < -0.4 is 34.3 Å². The van der Waals surface area contributed by atoms with Crippen molar-refractivity contribution in [3.8, 4) is 11.5 Å². The molecule has 0 saturated heterocycles. The maximum Gasteiger partial charge on any atom is 0.426 e. The Labute approximate surface area is 158 Å². The number of ether oxygens (including phenoxy) is 3. The second kappa shape index (κ2) is 12.8. The third kappa shape index (κ3) is 7.23. The van der Waals surface area contributed by atoms with E-state index in [1.807, 2.05) is 0 Å². The van der Waals surface area contributed by atoms with Crippen LogP contribution in [-0.4, -0.2) is 26.4 Å². The lowest BCUT2D eigenvalue weighted by molar-refractivity contribution is -0.001000. The molecule has 2 rings (SSSR count). The van der Waals surface area contributed by atoms with E-state index in [0.717, 1.165) is 0 Å². The Morgan fingerprint density at radius 1 is 0.640 bits per heavy atom. The molecule has 9 heteroatoms. The van der Waals surface area contributed by atoms with E-state index in [1.165, 1.54) is 0 Å². The quantitative estimate of drug-likeness (QED) is 0.394. The summed E-state index contributed by atoms with van der Waals surface area (Å²) in [5.74, 6) is 0.988. The smallest absolute Gasteiger partial charge is 0.426 e. The van der Waals surface area contributed by atoms with Crippen LogP contribution in [0.15, 0.2) is 48.5 Å². The van der Waals surface area contributed by atoms with Gasteiger partial charge in [-0.25, -0.2) is 0 Å². The molecule has 0 spiro atoms. The molecule has 0 aliphatic carbocycles. The van der Waals surface area contributed by atoms with E-state index in [1.54, 1.807) is 48.5 Å². The van der Waals surface area contributed by atoms with Gasteiger partial charge in [0.15, 0.2) is 9.95 Å². The lowest BCUT2D eigenvalue weighted by Gasteiger charge is -2.06. The predicted molar refractivity (Wildman–Crippen MR) is 84.2 cm³/mol. The second-order valence-electron chi connectivity index (χ2n) is 4.44. The second-order valence-corrected chi connectivity index (χ2v) is 4.44. The molecule has 0 saturated carbocycles. The van der Waals surface area contributed by atoms with Crippen LogP contribution in [0.5, 0.6) is 11.5 Å². The highest BCUT2D eigenvalue weighted by atomic mass is 35.5. The highest BCUT2D eigenvalue weighted by Crippen LogP contribution is 2.27. The summed E-state index contributed by atoms with van der Waals surface area (Å²) in [7, 11) is 0. The molecule has 0 aliphatic heterocycles. The highest BCUT2D eigenvalue weighted by Gasteiger charge is 2.14. The van der Waals surface area contributed by atoms with E-state index in [4.69, 9.17) is 25.0 Å². The fraction of sp³-hybridized carbons (Fsp3) is 0.250. The zero-order valence-electron chi connectivity index (χ0n) is 13.2. The largest absolute Gasteiger partial charge is 1.00 e. The van der Waals surface area contributed by atoms with Gasteiger partial charge in [0.25, 0.3) is 0 Å². The summed E-state index contributed by atoms with van der Waals surface area (Å²) in [6.45, 7) is 1.40. The van der Waals surface area contributed by atoms with Crippen LogP contribution in [0.3, 0.4) is 0 Å². The number of rotatable bonds is 8. The number of nitrogens with zero attached hydrogens (tertiary/aromatic N) is 4. The molecule has 2 aromatic carbocycles. The van der Waals surface area contributed by atoms with E-state index in [9.17, 15) is 0 Å². The molecular formula is C16H16Cl2N4O3. The lowest BCUT2D eigenvalue weighted by Crippen LogP contribution is -3.00. The monoisotopic (exact) mass is 382 g/mol. The van der Waals surface area contributed by atoms with Crippen molar-refractivity contribution in [1.29, 1.82) is 10.8 Å². The van der Waals surface area contributed by atoms with Gasteiger partial charge >= 0.3 is 11.4 Å². The Bertz CT molecular complexity index is 670. The molecular weight excluding hydrogens is 367 g/mol. The summed E-state index contributed by atoms with van der Waals surface area (Å²) in [5.41, 5.74) is 0.750. The van der Waals surface area contributed by atoms with Crippen molar-refractivity contribution >= 4 is 11.4 Å². The molecule has 0 aromatic heterocycles. The van der Waals surface area contributed by atoms with Crippen LogP contribution in [0.1, 0.15) is 0 Å². The molecule has 0 heterocycles. The van der Waals surface area contributed by atoms with Crippen LogP contribution >= 0.6 is 0 Å². The van der Waals surface area contributed by atoms with Gasteiger partial charge in [0.2, 0.25) is 22.3 Å². The minimum atomic E-state index is 0. The molecule has 0 aliphatic rings. The number of diazo groups is 2. The first-order valence-electron chi connectivity index (χ1n) is 7.06. The molecule has 0 N–H and O–H groups in total. The first-order valence-corrected chi connectivity index (χ1v) is 7.06. The van der Waals surface area contributed by atoms with Gasteiger partial charge in [0.05, 0.1) is 13.2 Å². The predicted octanol–water partition coefficient (Wildman–Crippen LogP) is -1.86. The van der Waals surface area contributed by atoms with E-state index >= 15 is 0 Å². The van der Waals surface area contributed by atoms with Gasteiger partial charge < -0.3 is 39.0 Å². The third-order valence-corrected chi connectivity index (χ3v) is 2.92. The van der Waals surface area contributed by atoms with Gasteiger partial charge in [0.1, 0.15) is 13.2 Å². The Balaban J connectivity index is 0.00000288. The first kappa shape index (κ1) is 22.4. The standard InChI is InChI=1S/C16H16N4O3.2ClH/c17-19-13-5-1-3-7-15(13)22-11-9-21-10-12-23-16-8-4-2-6-14(16)20-18;;/h1-8H,9-12H2;2*1H/q+2;;/p-2. The number of benzene rings is 2. The first-order chi connectivity index (χ1) is 11.3. The Morgan fingerprint density at radius 3 is 1.44 bits per heavy atom. The normalized spacial score (nSPS) is 8.88. The van der Waals surface area contributed by atoms with E-state index in [0.29, 0.717) is 49.3 Å². The average Bonchev–Trinajstić information content (AvgIpc) is 2.61. The van der Waals surface area contributed by atoms with Crippen molar-refractivity contribution in [3.05, 3.63) is 58.5 Å². The summed E-state index contributed by atoms with van der Waals surface area (Å²) >= 11 is 0. The topological polar surface area (TPSA) is 84.0 Å². The Morgan fingerprint density at radius 2 is 1.04 bits per heavy atom. The molecule has 7 nitrogen and oxygen atoms in total. The molecule has 2 aromatic rings. The molecule has 0 fully saturated rings. The minimum Gasteiger partial charge on any atom is -1.00 e. The maximum absolute atomic E-state index is 8.81. The lowest BCUT2D eigenvalue weighted by atomic mass is 10.3. The molecule has 25 heavy (non-hydrogen) atoms. The van der Waals surface area contributed by atoms with E-state index in [2.05, 4.69) is 9.95 Å². The molecule has 0 amide bonds. The summed E-state index contributed by atoms with van der Waals surface area (Å²) in [4.78, 5) is 6.27. The van der Waals surface area contributed by atoms with Crippen molar-refractivity contribution in [3.63, 3.8) is 0 Å². The molecule has 0 radical (unpaired) electrons. The van der Waals surface area contributed by atoms with Crippen molar-refractivity contribution in [2.24, 2.45) is 0 Å². The summed E-state index contributed by atoms with van der Waals surface area (Å²) in [5, 5.41) is 17.6. The number of hydrogen-bond acceptors (Lipinski definition) is 5. The maximum atomic E-state index is 8.81. The highest BCUT2D eigenvalue weighted by molar-refractivity contribution is 5.56.